The largest absolute Gasteiger partial charge is 0.455 e. The highest BCUT2D eigenvalue weighted by molar-refractivity contribution is 6.16. The highest BCUT2D eigenvalue weighted by Gasteiger charge is 2.79. The van der Waals surface area contributed by atoms with Gasteiger partial charge in [-0.1, -0.05) is 237 Å². The first-order valence-corrected chi connectivity index (χ1v) is 31.4. The van der Waals surface area contributed by atoms with Crippen molar-refractivity contribution in [2.24, 2.45) is 0 Å². The summed E-state index contributed by atoms with van der Waals surface area (Å²) in [7, 11) is 0. The minimum atomic E-state index is -0.876. The van der Waals surface area contributed by atoms with Gasteiger partial charge in [-0.2, -0.15) is 5.26 Å². The minimum absolute atomic E-state index is 0.0647. The van der Waals surface area contributed by atoms with E-state index < -0.39 is 16.2 Å². The Morgan fingerprint density at radius 1 is 0.337 bits per heavy atom. The molecular weight excluding hydrogens is 1120 g/mol. The van der Waals surface area contributed by atoms with Crippen molar-refractivity contribution >= 4 is 21.9 Å². The number of para-hydroxylation sites is 1. The Morgan fingerprint density at radius 3 is 1.48 bits per heavy atom. The van der Waals surface area contributed by atoms with Crippen LogP contribution in [0, 0.1) is 11.3 Å². The van der Waals surface area contributed by atoms with Crippen LogP contribution in [0.4, 0.5) is 0 Å². The van der Waals surface area contributed by atoms with Crippen molar-refractivity contribution < 1.29 is 4.42 Å². The van der Waals surface area contributed by atoms with Crippen LogP contribution in [0.2, 0.25) is 0 Å². The molecule has 1 spiro atoms. The number of nitriles is 1. The van der Waals surface area contributed by atoms with Gasteiger partial charge in [-0.15, -0.1) is 0 Å². The predicted molar refractivity (Wildman–Crippen MR) is 359 cm³/mol. The van der Waals surface area contributed by atoms with Crippen LogP contribution in [-0.2, 0) is 16.2 Å². The van der Waals surface area contributed by atoms with Crippen LogP contribution in [0.15, 0.2) is 290 Å². The maximum atomic E-state index is 9.92. The van der Waals surface area contributed by atoms with Gasteiger partial charge in [0.05, 0.1) is 22.5 Å². The molecule has 92 heavy (non-hydrogen) atoms. The molecule has 15 aromatic rings. The third-order valence-electron chi connectivity index (χ3n) is 20.8. The van der Waals surface area contributed by atoms with Crippen molar-refractivity contribution in [2.45, 2.75) is 28.1 Å². The second-order valence-corrected chi connectivity index (χ2v) is 24.9. The summed E-state index contributed by atoms with van der Waals surface area (Å²) in [6, 6.07) is 103. The smallest absolute Gasteiger partial charge is 0.164 e. The fourth-order valence-corrected chi connectivity index (χ4v) is 17.3. The molecule has 3 heterocycles. The molecule has 0 amide bonds. The second kappa shape index (κ2) is 18.8. The molecule has 6 aliphatic rings. The molecule has 8 heteroatoms. The van der Waals surface area contributed by atoms with Gasteiger partial charge in [-0.3, -0.25) is 0 Å². The van der Waals surface area contributed by atoms with Gasteiger partial charge >= 0.3 is 0 Å². The number of nitrogens with zero attached hydrogens (tertiary/aromatic N) is 7. The molecule has 0 saturated carbocycles. The number of hydrogen-bond donors (Lipinski definition) is 0. The molecule has 0 N–H and O–H groups in total. The van der Waals surface area contributed by atoms with Gasteiger partial charge in [0, 0.05) is 50.4 Å². The molecule has 3 aromatic heterocycles. The van der Waals surface area contributed by atoms with E-state index in [4.69, 9.17) is 34.3 Å². The molecular formula is C84H49N7O. The summed E-state index contributed by atoms with van der Waals surface area (Å²) in [5.74, 6) is 3.72. The van der Waals surface area contributed by atoms with Gasteiger partial charge in [0.2, 0.25) is 0 Å². The molecule has 6 aliphatic carbocycles. The average Bonchev–Trinajstić information content (AvgIpc) is 1.41. The first-order chi connectivity index (χ1) is 45.5. The van der Waals surface area contributed by atoms with Crippen LogP contribution in [0.3, 0.4) is 0 Å². The van der Waals surface area contributed by atoms with Crippen molar-refractivity contribution in [1.82, 2.24) is 29.9 Å². The van der Waals surface area contributed by atoms with E-state index in [2.05, 4.69) is 249 Å². The van der Waals surface area contributed by atoms with E-state index in [0.717, 1.165) is 83.4 Å². The highest BCUT2D eigenvalue weighted by atomic mass is 16.3. The lowest BCUT2D eigenvalue weighted by atomic mass is 9.36. The lowest BCUT2D eigenvalue weighted by molar-refractivity contribution is 0.247. The van der Waals surface area contributed by atoms with E-state index in [1.165, 1.54) is 50.1 Å². The van der Waals surface area contributed by atoms with Crippen LogP contribution in [-0.4, -0.2) is 29.9 Å². The molecule has 3 unspecified atom stereocenters. The molecule has 0 fully saturated rings. The van der Waals surface area contributed by atoms with Crippen LogP contribution < -0.4 is 0 Å². The quantitative estimate of drug-likeness (QED) is 0.148. The Hall–Kier alpha value is -12.1. The van der Waals surface area contributed by atoms with Crippen LogP contribution in [0.5, 0.6) is 0 Å². The summed E-state index contributed by atoms with van der Waals surface area (Å²) in [4.78, 5) is 33.8. The topological polar surface area (TPSA) is 114 Å². The Bertz CT molecular complexity index is 5590. The van der Waals surface area contributed by atoms with Crippen LogP contribution >= 0.6 is 0 Å². The first-order valence-electron chi connectivity index (χ1n) is 31.4. The zero-order chi connectivity index (χ0) is 60.4. The van der Waals surface area contributed by atoms with Gasteiger partial charge in [0.15, 0.2) is 29.1 Å². The number of fused-ring (bicyclic) bond motifs is 10. The van der Waals surface area contributed by atoms with Crippen molar-refractivity contribution in [2.75, 3.05) is 0 Å². The highest BCUT2D eigenvalue weighted by Crippen LogP contribution is 2.81. The van der Waals surface area contributed by atoms with Crippen molar-refractivity contribution in [3.8, 4) is 73.9 Å². The number of furan rings is 1. The Kier molecular flexibility index (Phi) is 10.4. The van der Waals surface area contributed by atoms with Gasteiger partial charge in [-0.05, 0) is 132 Å². The third-order valence-corrected chi connectivity index (χ3v) is 20.8. The minimum Gasteiger partial charge on any atom is -0.455 e. The predicted octanol–water partition coefficient (Wildman–Crippen LogP) is 18.1. The molecule has 0 aliphatic heterocycles. The summed E-state index contributed by atoms with van der Waals surface area (Å²) in [6.45, 7) is 0. The van der Waals surface area contributed by atoms with Crippen molar-refractivity contribution in [3.05, 3.63) is 369 Å². The van der Waals surface area contributed by atoms with Gasteiger partial charge in [0.25, 0.3) is 0 Å². The zero-order valence-electron chi connectivity index (χ0n) is 49.3. The Balaban J connectivity index is 0.798. The van der Waals surface area contributed by atoms with Crippen LogP contribution in [0.25, 0.3) is 89.7 Å². The SMILES string of the molecule is N#Cc1ccc(-c2nc(-c3cccc(-c4ccc(-c5nc(-c6ccc(-c7ccccc7)cc6)nc(C67c8ccccc8C8c9ccccc9C86c6ccccc67)n5)c5c4oc4ccccc45)c3)nc(C34c5ccccc5C(c5ccccc53)c3ccccc34)n2)cc1. The van der Waals surface area contributed by atoms with E-state index >= 15 is 0 Å². The molecule has 12 aromatic carbocycles. The van der Waals surface area contributed by atoms with Crippen LogP contribution in [0.1, 0.15) is 95.8 Å². The molecule has 8 nitrogen and oxygen atoms in total. The fraction of sp³-hybridized carbons (Fsp3) is 0.0595. The maximum absolute atomic E-state index is 9.92. The van der Waals surface area contributed by atoms with E-state index in [9.17, 15) is 5.26 Å². The molecule has 21 rings (SSSR count). The van der Waals surface area contributed by atoms with E-state index in [1.807, 2.05) is 42.5 Å². The number of benzene rings is 12. The summed E-state index contributed by atoms with van der Waals surface area (Å²) in [5.41, 5.74) is 22.3. The number of rotatable bonds is 8. The lowest BCUT2D eigenvalue weighted by Crippen LogP contribution is -2.64. The normalized spacial score (nSPS) is 19.4. The summed E-state index contributed by atoms with van der Waals surface area (Å²) < 4.78 is 7.16. The lowest BCUT2D eigenvalue weighted by Gasteiger charge is -2.64. The van der Waals surface area contributed by atoms with Gasteiger partial charge in [0.1, 0.15) is 22.4 Å². The van der Waals surface area contributed by atoms with E-state index in [1.54, 1.807) is 0 Å². The third kappa shape index (κ3) is 6.48. The first kappa shape index (κ1) is 50.9. The van der Waals surface area contributed by atoms with Crippen molar-refractivity contribution in [1.29, 1.82) is 5.26 Å². The molecule has 3 atom stereocenters. The van der Waals surface area contributed by atoms with Gasteiger partial charge in [-0.25, -0.2) is 29.9 Å². The standard InChI is InChI=1S/C84H49N7O/c85-48-49-37-39-52(40-38-49)76-86-78(89-80(88-76)82-64-29-10-4-23-57(64)72(58-24-5-11-30-65(58)82)59-25-6-12-31-66(59)82)55-22-18-21-54(47-55)56-45-46-63(73-62-28-9-17-36-71(62)92-75(56)73)79-87-77(53-43-41-51(42-44-53)50-19-2-1-3-20-50)90-81(91-79)84-68-33-14-8-27-61(68)74-60-26-7-13-32-67(60)83(74,84)69-34-15-16-35-70(69)84/h1-47,72,74H. The summed E-state index contributed by atoms with van der Waals surface area (Å²) >= 11 is 0. The Labute approximate surface area is 529 Å². The van der Waals surface area contributed by atoms with Crippen molar-refractivity contribution in [3.63, 3.8) is 0 Å². The average molecular weight is 1170 g/mol. The van der Waals surface area contributed by atoms with E-state index in [-0.39, 0.29) is 11.8 Å². The maximum Gasteiger partial charge on any atom is 0.164 e. The number of aromatic nitrogens is 6. The molecule has 426 valence electrons. The monoisotopic (exact) mass is 1170 g/mol. The zero-order valence-corrected chi connectivity index (χ0v) is 49.3. The molecule has 0 radical (unpaired) electrons. The molecule has 2 bridgehead atoms. The molecule has 0 saturated heterocycles. The van der Waals surface area contributed by atoms with E-state index in [0.29, 0.717) is 40.3 Å². The van der Waals surface area contributed by atoms with Gasteiger partial charge < -0.3 is 4.42 Å². The Morgan fingerprint density at radius 2 is 0.804 bits per heavy atom. The second-order valence-electron chi connectivity index (χ2n) is 24.9. The number of hydrogen-bond acceptors (Lipinski definition) is 8. The summed E-state index contributed by atoms with van der Waals surface area (Å²) in [5, 5.41) is 11.8. The fourth-order valence-electron chi connectivity index (χ4n) is 17.3. The summed E-state index contributed by atoms with van der Waals surface area (Å²) in [6.07, 6.45) is 0.